The number of sulfonamides is 1. The van der Waals surface area contributed by atoms with Crippen LogP contribution in [-0.2, 0) is 10.0 Å². The zero-order valence-corrected chi connectivity index (χ0v) is 17.6. The average Bonchev–Trinajstić information content (AvgIpc) is 3.31. The molecule has 0 aliphatic carbocycles. The van der Waals surface area contributed by atoms with Crippen molar-refractivity contribution in [3.05, 3.63) is 58.7 Å². The van der Waals surface area contributed by atoms with E-state index in [0.29, 0.717) is 35.4 Å². The van der Waals surface area contributed by atoms with Gasteiger partial charge in [-0.25, -0.2) is 27.8 Å². The van der Waals surface area contributed by atoms with Gasteiger partial charge in [-0.1, -0.05) is 0 Å². The number of nitrogens with zero attached hydrogens (tertiary/aromatic N) is 4. The molecule has 1 saturated heterocycles. The van der Waals surface area contributed by atoms with Gasteiger partial charge in [0.1, 0.15) is 17.5 Å². The predicted molar refractivity (Wildman–Crippen MR) is 109 cm³/mol. The molecule has 29 heavy (non-hydrogen) atoms. The lowest BCUT2D eigenvalue weighted by Gasteiger charge is -2.24. The maximum atomic E-state index is 13.2. The molecule has 1 fully saturated rings. The molecule has 3 aromatic rings. The van der Waals surface area contributed by atoms with Crippen LogP contribution in [0.15, 0.2) is 41.4 Å². The van der Waals surface area contributed by atoms with Gasteiger partial charge in [0.2, 0.25) is 10.0 Å². The second-order valence-electron chi connectivity index (χ2n) is 6.85. The number of halogens is 1. The minimum atomic E-state index is -3.76. The van der Waals surface area contributed by atoms with Gasteiger partial charge >= 0.3 is 0 Å². The number of anilines is 2. The van der Waals surface area contributed by atoms with Crippen molar-refractivity contribution in [1.82, 2.24) is 19.3 Å². The molecule has 4 rings (SSSR count). The summed E-state index contributed by atoms with van der Waals surface area (Å²) in [6, 6.07) is 6.28. The maximum absolute atomic E-state index is 13.2. The standard InChI is InChI=1S/C19H20FN5O2S2/c1-12-11-21-19(28-12)24-18-10-16(22-13(2)23-18)17-4-3-9-25(17)29(26,27)15-7-5-14(20)6-8-15/h5-8,10-11,17H,3-4,9H2,1-2H3,(H,21,22,23,24)/t17-/m1/s1. The molecule has 2 aromatic heterocycles. The fourth-order valence-electron chi connectivity index (χ4n) is 3.41. The first-order valence-electron chi connectivity index (χ1n) is 9.15. The maximum Gasteiger partial charge on any atom is 0.243 e. The highest BCUT2D eigenvalue weighted by atomic mass is 32.2. The number of hydrogen-bond donors (Lipinski definition) is 1. The zero-order chi connectivity index (χ0) is 20.6. The first-order chi connectivity index (χ1) is 13.8. The van der Waals surface area contributed by atoms with Crippen LogP contribution in [0.5, 0.6) is 0 Å². The Morgan fingerprint density at radius 1 is 1.21 bits per heavy atom. The van der Waals surface area contributed by atoms with E-state index in [1.807, 2.05) is 6.92 Å². The van der Waals surface area contributed by atoms with Crippen molar-refractivity contribution in [2.24, 2.45) is 0 Å². The largest absolute Gasteiger partial charge is 0.316 e. The summed E-state index contributed by atoms with van der Waals surface area (Å²) in [7, 11) is -3.76. The summed E-state index contributed by atoms with van der Waals surface area (Å²) in [5, 5.41) is 3.88. The zero-order valence-electron chi connectivity index (χ0n) is 16.0. The van der Waals surface area contributed by atoms with Crippen molar-refractivity contribution in [2.75, 3.05) is 11.9 Å². The molecule has 1 aliphatic heterocycles. The van der Waals surface area contributed by atoms with E-state index in [1.54, 1.807) is 19.2 Å². The molecule has 10 heteroatoms. The Hall–Kier alpha value is -2.43. The molecule has 152 valence electrons. The third-order valence-electron chi connectivity index (χ3n) is 4.68. The normalized spacial score (nSPS) is 17.6. The van der Waals surface area contributed by atoms with Crippen molar-refractivity contribution in [3.63, 3.8) is 0 Å². The van der Waals surface area contributed by atoms with Crippen LogP contribution in [0.3, 0.4) is 0 Å². The first-order valence-corrected chi connectivity index (χ1v) is 11.4. The molecule has 1 aromatic carbocycles. The summed E-state index contributed by atoms with van der Waals surface area (Å²) in [6.45, 7) is 4.13. The van der Waals surface area contributed by atoms with Crippen molar-refractivity contribution >= 4 is 32.3 Å². The van der Waals surface area contributed by atoms with E-state index in [1.165, 1.54) is 27.8 Å². The van der Waals surface area contributed by atoms with Crippen LogP contribution >= 0.6 is 11.3 Å². The average molecular weight is 434 g/mol. The molecule has 7 nitrogen and oxygen atoms in total. The van der Waals surface area contributed by atoms with Crippen LogP contribution in [0.25, 0.3) is 0 Å². The molecule has 0 spiro atoms. The molecule has 1 N–H and O–H groups in total. The fraction of sp³-hybridized carbons (Fsp3) is 0.316. The monoisotopic (exact) mass is 433 g/mol. The topological polar surface area (TPSA) is 88.1 Å². The lowest BCUT2D eigenvalue weighted by molar-refractivity contribution is 0.389. The highest BCUT2D eigenvalue weighted by Gasteiger charge is 2.37. The Morgan fingerprint density at radius 3 is 2.66 bits per heavy atom. The number of nitrogens with one attached hydrogen (secondary N) is 1. The number of thiazole rings is 1. The Bertz CT molecular complexity index is 1130. The van der Waals surface area contributed by atoms with Gasteiger partial charge < -0.3 is 5.32 Å². The Labute approximate surface area is 172 Å². The van der Waals surface area contributed by atoms with Crippen molar-refractivity contribution in [2.45, 2.75) is 37.6 Å². The van der Waals surface area contributed by atoms with Gasteiger partial charge in [0.05, 0.1) is 16.6 Å². The van der Waals surface area contributed by atoms with Gasteiger partial charge in [-0.2, -0.15) is 4.31 Å². The lowest BCUT2D eigenvalue weighted by atomic mass is 10.1. The van der Waals surface area contributed by atoms with Crippen LogP contribution in [0, 0.1) is 19.7 Å². The first kappa shape index (κ1) is 19.9. The molecule has 1 atom stereocenters. The molecule has 0 unspecified atom stereocenters. The molecule has 0 bridgehead atoms. The fourth-order valence-corrected chi connectivity index (χ4v) is 5.75. The molecule has 0 radical (unpaired) electrons. The van der Waals surface area contributed by atoms with Crippen LogP contribution in [0.1, 0.15) is 35.3 Å². The molecule has 3 heterocycles. The minimum absolute atomic E-state index is 0.0770. The van der Waals surface area contributed by atoms with Gasteiger partial charge in [0, 0.05) is 23.7 Å². The highest BCUT2D eigenvalue weighted by Crippen LogP contribution is 2.36. The Balaban J connectivity index is 1.65. The third-order valence-corrected chi connectivity index (χ3v) is 7.43. The van der Waals surface area contributed by atoms with Crippen LogP contribution in [0.2, 0.25) is 0 Å². The molecule has 0 amide bonds. The van der Waals surface area contributed by atoms with Gasteiger partial charge in [-0.15, -0.1) is 11.3 Å². The Morgan fingerprint density at radius 2 is 1.97 bits per heavy atom. The van der Waals surface area contributed by atoms with Crippen molar-refractivity contribution in [3.8, 4) is 0 Å². The lowest BCUT2D eigenvalue weighted by Crippen LogP contribution is -2.31. The number of rotatable bonds is 5. The smallest absolute Gasteiger partial charge is 0.243 e. The van der Waals surface area contributed by atoms with Crippen LogP contribution < -0.4 is 5.32 Å². The van der Waals surface area contributed by atoms with E-state index in [2.05, 4.69) is 20.3 Å². The second-order valence-corrected chi connectivity index (χ2v) is 9.98. The van der Waals surface area contributed by atoms with Gasteiger partial charge in [-0.3, -0.25) is 0 Å². The minimum Gasteiger partial charge on any atom is -0.316 e. The second kappa shape index (κ2) is 7.77. The summed E-state index contributed by atoms with van der Waals surface area (Å²) in [5.41, 5.74) is 0.636. The number of aromatic nitrogens is 3. The Kier molecular flexibility index (Phi) is 5.32. The number of benzene rings is 1. The van der Waals surface area contributed by atoms with Crippen LogP contribution in [0.4, 0.5) is 15.3 Å². The van der Waals surface area contributed by atoms with E-state index >= 15 is 0 Å². The van der Waals surface area contributed by atoms with E-state index < -0.39 is 21.9 Å². The molecule has 1 aliphatic rings. The van der Waals surface area contributed by atoms with Gasteiger partial charge in [0.15, 0.2) is 5.13 Å². The summed E-state index contributed by atoms with van der Waals surface area (Å²) in [4.78, 5) is 14.3. The number of aryl methyl sites for hydroxylation is 2. The summed E-state index contributed by atoms with van der Waals surface area (Å²) >= 11 is 1.51. The van der Waals surface area contributed by atoms with Crippen LogP contribution in [-0.4, -0.2) is 34.2 Å². The summed E-state index contributed by atoms with van der Waals surface area (Å²) < 4.78 is 40.9. The van der Waals surface area contributed by atoms with Crippen molar-refractivity contribution in [1.29, 1.82) is 0 Å². The van der Waals surface area contributed by atoms with E-state index in [-0.39, 0.29) is 4.90 Å². The van der Waals surface area contributed by atoms with Gasteiger partial charge in [-0.05, 0) is 51.0 Å². The summed E-state index contributed by atoms with van der Waals surface area (Å²) in [6.07, 6.45) is 3.16. The number of hydrogen-bond acceptors (Lipinski definition) is 7. The molecular weight excluding hydrogens is 413 g/mol. The summed E-state index contributed by atoms with van der Waals surface area (Å²) in [5.74, 6) is 0.652. The van der Waals surface area contributed by atoms with E-state index in [0.717, 1.165) is 23.4 Å². The highest BCUT2D eigenvalue weighted by molar-refractivity contribution is 7.89. The van der Waals surface area contributed by atoms with E-state index in [9.17, 15) is 12.8 Å². The van der Waals surface area contributed by atoms with E-state index in [4.69, 9.17) is 0 Å². The quantitative estimate of drug-likeness (QED) is 0.655. The molecular formula is C19H20FN5O2S2. The molecule has 0 saturated carbocycles. The SMILES string of the molecule is Cc1nc(Nc2ncc(C)s2)cc([C@H]2CCCN2S(=O)(=O)c2ccc(F)cc2)n1. The third kappa shape index (κ3) is 4.14. The van der Waals surface area contributed by atoms with Crippen molar-refractivity contribution < 1.29 is 12.8 Å². The van der Waals surface area contributed by atoms with Gasteiger partial charge in [0.25, 0.3) is 0 Å². The predicted octanol–water partition coefficient (Wildman–Crippen LogP) is 3.96.